The molecule has 3 aliphatic heterocycles. The average molecular weight is 783 g/mol. The molecule has 9 atom stereocenters. The van der Waals surface area contributed by atoms with Gasteiger partial charge >= 0.3 is 5.97 Å². The maximum atomic E-state index is 14.9. The number of amides is 3. The Hall–Kier alpha value is -4.04. The minimum absolute atomic E-state index is 0.0359. The zero-order valence-electron chi connectivity index (χ0n) is 29.8. The monoisotopic (exact) mass is 781 g/mol. The molecule has 2 N–H and O–H groups in total. The predicted molar refractivity (Wildman–Crippen MR) is 198 cm³/mol. The van der Waals surface area contributed by atoms with Gasteiger partial charge in [-0.25, -0.2) is 0 Å². The van der Waals surface area contributed by atoms with Gasteiger partial charge in [0.15, 0.2) is 0 Å². The summed E-state index contributed by atoms with van der Waals surface area (Å²) in [6.45, 7) is 9.15. The lowest BCUT2D eigenvalue weighted by Gasteiger charge is -2.39. The minimum Gasteiger partial charge on any atom is -0.497 e. The number of ether oxygens (including phenoxy) is 4. The molecular weight excluding hydrogens is 734 g/mol. The number of alkyl halides is 1. The van der Waals surface area contributed by atoms with Crippen molar-refractivity contribution >= 4 is 45.3 Å². The Bertz CT molecular complexity index is 1600. The molecule has 3 aliphatic rings. The summed E-state index contributed by atoms with van der Waals surface area (Å²) in [7, 11) is 3.04. The first-order chi connectivity index (χ1) is 25.1. The van der Waals surface area contributed by atoms with Crippen molar-refractivity contribution in [2.45, 2.75) is 73.4 Å². The Labute approximate surface area is 313 Å². The third-order valence-electron chi connectivity index (χ3n) is 10.3. The molecule has 280 valence electrons. The van der Waals surface area contributed by atoms with E-state index in [-0.39, 0.29) is 31.9 Å². The van der Waals surface area contributed by atoms with Crippen LogP contribution in [-0.2, 0) is 33.4 Å². The first kappa shape index (κ1) is 39.2. The Balaban J connectivity index is 1.54. The molecule has 1 unspecified atom stereocenters. The number of fused-ring (bicyclic) bond motifs is 1. The lowest BCUT2D eigenvalue weighted by molar-refractivity contribution is -0.163. The summed E-state index contributed by atoms with van der Waals surface area (Å²) in [5, 5.41) is 13.5. The molecule has 5 rings (SSSR count). The van der Waals surface area contributed by atoms with E-state index in [0.29, 0.717) is 29.8 Å². The van der Waals surface area contributed by atoms with Gasteiger partial charge in [0.2, 0.25) is 11.8 Å². The van der Waals surface area contributed by atoms with Gasteiger partial charge in [0, 0.05) is 30.6 Å². The van der Waals surface area contributed by atoms with Crippen LogP contribution in [0.25, 0.3) is 0 Å². The molecule has 2 bridgehead atoms. The molecule has 2 aromatic carbocycles. The number of carbonyl (C=O) groups excluding carboxylic acids is 4. The van der Waals surface area contributed by atoms with Crippen LogP contribution in [0.15, 0.2) is 79.9 Å². The number of nitrogens with zero attached hydrogens (tertiary/aromatic N) is 2. The minimum atomic E-state index is -1.40. The standard InChI is InChI=1S/C39H48BrN3O9/c1-6-9-15-30(45)41-29(23-49-4)33(24-13-11-10-12-14-24)51-38(48)31-32-36(46)43(25(8-3)22-44)35(39(32)21-28(40)34(31)52-39)37(47)42(20-7-2)26-16-18-27(50-5)19-17-26/h6-7,10-14,16-19,25,28-29,31-35,44H,1-2,8-9,15,20-23H2,3-5H3,(H,41,45)/t25-,28?,29+,31-,32+,33+,34-,35-,39+/m0/s1. The fourth-order valence-electron chi connectivity index (χ4n) is 7.91. The smallest absolute Gasteiger partial charge is 0.313 e. The number of hydrogen-bond donors (Lipinski definition) is 2. The molecule has 3 heterocycles. The Morgan fingerprint density at radius 2 is 1.85 bits per heavy atom. The largest absolute Gasteiger partial charge is 0.497 e. The Morgan fingerprint density at radius 1 is 1.13 bits per heavy atom. The van der Waals surface area contributed by atoms with E-state index < -0.39 is 77.0 Å². The molecule has 3 fully saturated rings. The molecule has 3 saturated heterocycles. The van der Waals surface area contributed by atoms with Gasteiger partial charge in [-0.05, 0) is 49.1 Å². The maximum Gasteiger partial charge on any atom is 0.313 e. The first-order valence-electron chi connectivity index (χ1n) is 17.6. The average Bonchev–Trinajstić information content (AvgIpc) is 3.75. The van der Waals surface area contributed by atoms with Gasteiger partial charge in [0.1, 0.15) is 23.5 Å². The topological polar surface area (TPSA) is 144 Å². The summed E-state index contributed by atoms with van der Waals surface area (Å²) in [5.41, 5.74) is -0.230. The highest BCUT2D eigenvalue weighted by atomic mass is 79.9. The SMILES string of the molecule is C=CCCC(=O)N[C@H](COC)[C@H](OC(=O)[C@@H]1[C@H]2O[C@@]3(CC2Br)[C@H](C(=O)N(CC=C)c2ccc(OC)cc2)N([C@@H](CC)CO)C(=O)[C@@H]13)c1ccccc1. The molecule has 13 heteroatoms. The number of halogens is 1. The number of rotatable bonds is 18. The zero-order valence-corrected chi connectivity index (χ0v) is 31.4. The van der Waals surface area contributed by atoms with E-state index in [1.165, 1.54) is 16.9 Å². The number of nitrogens with one attached hydrogen (secondary N) is 1. The summed E-state index contributed by atoms with van der Waals surface area (Å²) >= 11 is 3.72. The zero-order chi connectivity index (χ0) is 37.6. The number of benzene rings is 2. The number of methoxy groups -OCH3 is 2. The molecule has 2 aromatic rings. The maximum absolute atomic E-state index is 14.9. The first-order valence-corrected chi connectivity index (χ1v) is 18.5. The van der Waals surface area contributed by atoms with Crippen LogP contribution in [0.1, 0.15) is 44.3 Å². The summed E-state index contributed by atoms with van der Waals surface area (Å²) in [5.74, 6) is -3.41. The number of aliphatic hydroxyl groups excluding tert-OH is 1. The molecule has 0 aromatic heterocycles. The van der Waals surface area contributed by atoms with Crippen LogP contribution in [-0.4, -0.2) is 102 Å². The van der Waals surface area contributed by atoms with Crippen molar-refractivity contribution in [3.8, 4) is 5.75 Å². The van der Waals surface area contributed by atoms with E-state index in [1.54, 1.807) is 67.8 Å². The normalized spacial score (nSPS) is 26.2. The molecule has 0 aliphatic carbocycles. The van der Waals surface area contributed by atoms with Gasteiger partial charge in [-0.15, -0.1) is 13.2 Å². The van der Waals surface area contributed by atoms with Crippen molar-refractivity contribution in [2.75, 3.05) is 38.9 Å². The second kappa shape index (κ2) is 17.2. The molecule has 1 spiro atoms. The van der Waals surface area contributed by atoms with Gasteiger partial charge in [-0.2, -0.15) is 0 Å². The predicted octanol–water partition coefficient (Wildman–Crippen LogP) is 4.12. The number of hydrogen-bond acceptors (Lipinski definition) is 9. The van der Waals surface area contributed by atoms with Crippen LogP contribution in [0.5, 0.6) is 5.75 Å². The van der Waals surface area contributed by atoms with Crippen LogP contribution in [0, 0.1) is 11.8 Å². The van der Waals surface area contributed by atoms with Crippen LogP contribution in [0.4, 0.5) is 5.69 Å². The number of anilines is 1. The lowest BCUT2D eigenvalue weighted by atomic mass is 9.70. The molecule has 12 nitrogen and oxygen atoms in total. The third-order valence-corrected chi connectivity index (χ3v) is 11.1. The number of allylic oxidation sites excluding steroid dienone is 1. The fraction of sp³-hybridized carbons (Fsp3) is 0.487. The van der Waals surface area contributed by atoms with Gasteiger partial charge in [-0.3, -0.25) is 19.2 Å². The Morgan fingerprint density at radius 3 is 2.44 bits per heavy atom. The van der Waals surface area contributed by atoms with Crippen molar-refractivity contribution in [3.63, 3.8) is 0 Å². The van der Waals surface area contributed by atoms with E-state index >= 15 is 0 Å². The van der Waals surface area contributed by atoms with Crippen molar-refractivity contribution < 1.29 is 43.2 Å². The molecule has 0 saturated carbocycles. The quantitative estimate of drug-likeness (QED) is 0.130. The molecular formula is C39H48BrN3O9. The van der Waals surface area contributed by atoms with E-state index in [0.717, 1.165) is 0 Å². The van der Waals surface area contributed by atoms with Gasteiger partial charge in [-0.1, -0.05) is 65.3 Å². The van der Waals surface area contributed by atoms with Crippen molar-refractivity contribution in [1.29, 1.82) is 0 Å². The highest BCUT2D eigenvalue weighted by Gasteiger charge is 2.77. The number of esters is 1. The van der Waals surface area contributed by atoms with Gasteiger partial charge in [0.05, 0.1) is 50.3 Å². The van der Waals surface area contributed by atoms with E-state index in [4.69, 9.17) is 18.9 Å². The van der Waals surface area contributed by atoms with Crippen LogP contribution in [0.2, 0.25) is 0 Å². The summed E-state index contributed by atoms with van der Waals surface area (Å²) < 4.78 is 23.8. The summed E-state index contributed by atoms with van der Waals surface area (Å²) in [6, 6.07) is 13.3. The van der Waals surface area contributed by atoms with Crippen molar-refractivity contribution in [2.24, 2.45) is 11.8 Å². The highest BCUT2D eigenvalue weighted by Crippen LogP contribution is 2.61. The van der Waals surface area contributed by atoms with E-state index in [2.05, 4.69) is 34.4 Å². The lowest BCUT2D eigenvalue weighted by Crippen LogP contribution is -2.59. The van der Waals surface area contributed by atoms with Crippen LogP contribution in [0.3, 0.4) is 0 Å². The van der Waals surface area contributed by atoms with E-state index in [1.807, 2.05) is 13.0 Å². The van der Waals surface area contributed by atoms with Crippen molar-refractivity contribution in [1.82, 2.24) is 10.2 Å². The van der Waals surface area contributed by atoms with Crippen LogP contribution < -0.4 is 15.0 Å². The number of aliphatic hydroxyl groups is 1. The van der Waals surface area contributed by atoms with Crippen LogP contribution >= 0.6 is 15.9 Å². The second-order valence-electron chi connectivity index (χ2n) is 13.3. The van der Waals surface area contributed by atoms with E-state index in [9.17, 15) is 24.3 Å². The van der Waals surface area contributed by atoms with Crippen molar-refractivity contribution in [3.05, 3.63) is 85.5 Å². The molecule has 52 heavy (non-hydrogen) atoms. The van der Waals surface area contributed by atoms with Gasteiger partial charge in [0.25, 0.3) is 5.91 Å². The molecule has 0 radical (unpaired) electrons. The number of likely N-dealkylation sites (tertiary alicyclic amines) is 1. The Kier molecular flexibility index (Phi) is 13.0. The fourth-order valence-corrected chi connectivity index (χ4v) is 8.85. The molecule has 3 amide bonds. The second-order valence-corrected chi connectivity index (χ2v) is 14.5. The number of carbonyl (C=O) groups is 4. The third kappa shape index (κ3) is 7.41. The van der Waals surface area contributed by atoms with Gasteiger partial charge < -0.3 is 39.2 Å². The highest BCUT2D eigenvalue weighted by molar-refractivity contribution is 9.09. The summed E-state index contributed by atoms with van der Waals surface area (Å²) in [6.07, 6.45) is 2.76. The summed E-state index contributed by atoms with van der Waals surface area (Å²) in [4.78, 5) is 59.7.